The fourth-order valence-electron chi connectivity index (χ4n) is 3.86. The van der Waals surface area contributed by atoms with E-state index in [0.717, 1.165) is 61.9 Å². The molecule has 3 heterocycles. The van der Waals surface area contributed by atoms with Gasteiger partial charge < -0.3 is 10.6 Å². The van der Waals surface area contributed by atoms with Crippen molar-refractivity contribution >= 4 is 11.9 Å². The molecule has 124 valence electrons. The van der Waals surface area contributed by atoms with Crippen LogP contribution in [0.3, 0.4) is 0 Å². The van der Waals surface area contributed by atoms with Crippen molar-refractivity contribution in [3.8, 4) is 0 Å². The quantitative estimate of drug-likeness (QED) is 0.916. The molecule has 1 saturated heterocycles. The van der Waals surface area contributed by atoms with Crippen molar-refractivity contribution in [1.29, 1.82) is 0 Å². The third kappa shape index (κ3) is 2.62. The lowest BCUT2D eigenvalue weighted by molar-refractivity contribution is 0.0727. The summed E-state index contributed by atoms with van der Waals surface area (Å²) in [5, 5.41) is 0. The SMILES string of the molecule is Nc1nc2c(c(C(=O)N3CCCC3c3cccnc3)n1)CCCC2. The summed E-state index contributed by atoms with van der Waals surface area (Å²) in [5.74, 6) is 0.185. The maximum atomic E-state index is 13.2. The third-order valence-electron chi connectivity index (χ3n) is 4.99. The molecule has 6 nitrogen and oxygen atoms in total. The van der Waals surface area contributed by atoms with Gasteiger partial charge in [-0.25, -0.2) is 9.97 Å². The second-order valence-electron chi connectivity index (χ2n) is 6.51. The minimum absolute atomic E-state index is 0.0198. The van der Waals surface area contributed by atoms with E-state index in [9.17, 15) is 4.79 Å². The van der Waals surface area contributed by atoms with Gasteiger partial charge in [0.1, 0.15) is 5.69 Å². The number of aromatic nitrogens is 3. The van der Waals surface area contributed by atoms with E-state index in [4.69, 9.17) is 5.73 Å². The van der Waals surface area contributed by atoms with Crippen LogP contribution in [-0.2, 0) is 12.8 Å². The largest absolute Gasteiger partial charge is 0.368 e. The van der Waals surface area contributed by atoms with Crippen LogP contribution in [0.2, 0.25) is 0 Å². The second kappa shape index (κ2) is 6.19. The standard InChI is InChI=1S/C18H21N5O/c19-18-21-14-7-2-1-6-13(14)16(22-18)17(24)23-10-4-8-15(23)12-5-3-9-20-11-12/h3,5,9,11,15H,1-2,4,6-8,10H2,(H2,19,21,22). The molecule has 1 aliphatic carbocycles. The molecule has 1 unspecified atom stereocenters. The number of carbonyl (C=O) groups excluding carboxylic acids is 1. The second-order valence-corrected chi connectivity index (χ2v) is 6.51. The number of aryl methyl sites for hydroxylation is 1. The first kappa shape index (κ1) is 15.1. The average molecular weight is 323 g/mol. The number of carbonyl (C=O) groups is 1. The van der Waals surface area contributed by atoms with Gasteiger partial charge in [0.2, 0.25) is 5.95 Å². The van der Waals surface area contributed by atoms with E-state index in [2.05, 4.69) is 15.0 Å². The molecule has 2 aromatic rings. The Hall–Kier alpha value is -2.50. The van der Waals surface area contributed by atoms with Crippen molar-refractivity contribution in [2.45, 2.75) is 44.6 Å². The predicted octanol–water partition coefficient (Wildman–Crippen LogP) is 2.31. The van der Waals surface area contributed by atoms with Crippen molar-refractivity contribution in [3.63, 3.8) is 0 Å². The summed E-state index contributed by atoms with van der Waals surface area (Å²) in [5.41, 5.74) is 9.40. The maximum absolute atomic E-state index is 13.2. The van der Waals surface area contributed by atoms with E-state index >= 15 is 0 Å². The summed E-state index contributed by atoms with van der Waals surface area (Å²) in [7, 11) is 0. The monoisotopic (exact) mass is 323 g/mol. The van der Waals surface area contributed by atoms with Crippen molar-refractivity contribution in [2.24, 2.45) is 0 Å². The summed E-state index contributed by atoms with van der Waals surface area (Å²) in [6.45, 7) is 0.747. The number of rotatable bonds is 2. The minimum atomic E-state index is -0.0198. The fourth-order valence-corrected chi connectivity index (χ4v) is 3.86. The van der Waals surface area contributed by atoms with Crippen molar-refractivity contribution in [3.05, 3.63) is 47.0 Å². The first-order chi connectivity index (χ1) is 11.7. The molecular weight excluding hydrogens is 302 g/mol. The van der Waals surface area contributed by atoms with Crippen LogP contribution in [0.4, 0.5) is 5.95 Å². The van der Waals surface area contributed by atoms with Crippen LogP contribution in [0.1, 0.15) is 59.0 Å². The lowest BCUT2D eigenvalue weighted by atomic mass is 9.94. The van der Waals surface area contributed by atoms with Crippen molar-refractivity contribution in [2.75, 3.05) is 12.3 Å². The number of amides is 1. The van der Waals surface area contributed by atoms with Gasteiger partial charge in [0.15, 0.2) is 0 Å². The Bertz CT molecular complexity index is 762. The summed E-state index contributed by atoms with van der Waals surface area (Å²) in [6.07, 6.45) is 9.47. The average Bonchev–Trinajstić information content (AvgIpc) is 3.11. The number of nitrogen functional groups attached to an aromatic ring is 1. The highest BCUT2D eigenvalue weighted by Gasteiger charge is 2.33. The van der Waals surface area contributed by atoms with Gasteiger partial charge in [-0.15, -0.1) is 0 Å². The normalized spacial score (nSPS) is 20.0. The van der Waals surface area contributed by atoms with Crippen molar-refractivity contribution in [1.82, 2.24) is 19.9 Å². The van der Waals surface area contributed by atoms with Gasteiger partial charge in [0.05, 0.1) is 6.04 Å². The molecule has 0 radical (unpaired) electrons. The first-order valence-corrected chi connectivity index (χ1v) is 8.60. The van der Waals surface area contributed by atoms with Crippen LogP contribution in [0.5, 0.6) is 0 Å². The molecule has 1 fully saturated rings. The van der Waals surface area contributed by atoms with Gasteiger partial charge in [0, 0.05) is 30.2 Å². The molecule has 0 bridgehead atoms. The lowest BCUT2D eigenvalue weighted by Gasteiger charge is -2.26. The Kier molecular flexibility index (Phi) is 3.88. The van der Waals surface area contributed by atoms with Gasteiger partial charge >= 0.3 is 0 Å². The molecule has 4 rings (SSSR count). The van der Waals surface area contributed by atoms with Crippen LogP contribution in [-0.4, -0.2) is 32.3 Å². The Morgan fingerprint density at radius 1 is 1.21 bits per heavy atom. The summed E-state index contributed by atoms with van der Waals surface area (Å²) < 4.78 is 0. The topological polar surface area (TPSA) is 85.0 Å². The van der Waals surface area contributed by atoms with E-state index in [1.165, 1.54) is 0 Å². The number of fused-ring (bicyclic) bond motifs is 1. The van der Waals surface area contributed by atoms with Gasteiger partial charge in [-0.3, -0.25) is 9.78 Å². The van der Waals surface area contributed by atoms with E-state index in [1.807, 2.05) is 23.2 Å². The van der Waals surface area contributed by atoms with Gasteiger partial charge in [-0.05, 0) is 50.2 Å². The molecular formula is C18H21N5O. The maximum Gasteiger partial charge on any atom is 0.273 e. The molecule has 0 saturated carbocycles. The highest BCUT2D eigenvalue weighted by atomic mass is 16.2. The summed E-state index contributed by atoms with van der Waals surface area (Å²) >= 11 is 0. The smallest absolute Gasteiger partial charge is 0.273 e. The zero-order valence-corrected chi connectivity index (χ0v) is 13.6. The first-order valence-electron chi connectivity index (χ1n) is 8.60. The number of anilines is 1. The minimum Gasteiger partial charge on any atom is -0.368 e. The Morgan fingerprint density at radius 2 is 2.08 bits per heavy atom. The summed E-state index contributed by atoms with van der Waals surface area (Å²) in [4.78, 5) is 28.0. The number of nitrogens with two attached hydrogens (primary N) is 1. The molecule has 1 atom stereocenters. The molecule has 2 aromatic heterocycles. The molecule has 24 heavy (non-hydrogen) atoms. The zero-order valence-electron chi connectivity index (χ0n) is 13.6. The number of nitrogens with zero attached hydrogens (tertiary/aromatic N) is 4. The number of pyridine rings is 1. The molecule has 1 aliphatic heterocycles. The lowest BCUT2D eigenvalue weighted by Crippen LogP contribution is -2.33. The summed E-state index contributed by atoms with van der Waals surface area (Å²) in [6, 6.07) is 4.02. The third-order valence-corrected chi connectivity index (χ3v) is 4.99. The predicted molar refractivity (Wildman–Crippen MR) is 90.3 cm³/mol. The van der Waals surface area contributed by atoms with Crippen LogP contribution in [0, 0.1) is 0 Å². The number of likely N-dealkylation sites (tertiary alicyclic amines) is 1. The van der Waals surface area contributed by atoms with Crippen LogP contribution >= 0.6 is 0 Å². The molecule has 1 amide bonds. The Morgan fingerprint density at radius 3 is 2.92 bits per heavy atom. The number of hydrogen-bond donors (Lipinski definition) is 1. The number of hydrogen-bond acceptors (Lipinski definition) is 5. The highest BCUT2D eigenvalue weighted by molar-refractivity contribution is 5.94. The molecule has 2 aliphatic rings. The van der Waals surface area contributed by atoms with Gasteiger partial charge in [-0.1, -0.05) is 6.07 Å². The van der Waals surface area contributed by atoms with Crippen LogP contribution < -0.4 is 5.73 Å². The highest BCUT2D eigenvalue weighted by Crippen LogP contribution is 2.34. The van der Waals surface area contributed by atoms with Gasteiger partial charge in [-0.2, -0.15) is 0 Å². The van der Waals surface area contributed by atoms with E-state index in [0.29, 0.717) is 5.69 Å². The zero-order chi connectivity index (χ0) is 16.5. The van der Waals surface area contributed by atoms with E-state index in [1.54, 1.807) is 6.20 Å². The fraction of sp³-hybridized carbons (Fsp3) is 0.444. The van der Waals surface area contributed by atoms with Crippen molar-refractivity contribution < 1.29 is 4.79 Å². The van der Waals surface area contributed by atoms with Gasteiger partial charge in [0.25, 0.3) is 5.91 Å². The van der Waals surface area contributed by atoms with Crippen LogP contribution in [0.25, 0.3) is 0 Å². The molecule has 0 spiro atoms. The molecule has 6 heteroatoms. The Balaban J connectivity index is 1.70. The van der Waals surface area contributed by atoms with Crippen LogP contribution in [0.15, 0.2) is 24.5 Å². The Labute approximate surface area is 141 Å². The van der Waals surface area contributed by atoms with E-state index in [-0.39, 0.29) is 17.9 Å². The van der Waals surface area contributed by atoms with E-state index < -0.39 is 0 Å². The molecule has 0 aromatic carbocycles. The molecule has 2 N–H and O–H groups in total.